The number of nitrogens with zero attached hydrogens (tertiary/aromatic N) is 2. The van der Waals surface area contributed by atoms with Gasteiger partial charge in [0.15, 0.2) is 5.84 Å². The van der Waals surface area contributed by atoms with E-state index in [2.05, 4.69) is 15.5 Å². The van der Waals surface area contributed by atoms with E-state index < -0.39 is 5.41 Å². The molecule has 21 heavy (non-hydrogen) atoms. The Kier molecular flexibility index (Phi) is 3.21. The molecular weight excluding hydrogens is 268 g/mol. The lowest BCUT2D eigenvalue weighted by Gasteiger charge is -2.38. The molecule has 0 radical (unpaired) electrons. The van der Waals surface area contributed by atoms with Crippen LogP contribution >= 0.6 is 0 Å². The van der Waals surface area contributed by atoms with Crippen LogP contribution in [-0.4, -0.2) is 21.9 Å². The third-order valence-electron chi connectivity index (χ3n) is 4.17. The van der Waals surface area contributed by atoms with Crippen molar-refractivity contribution < 1.29 is 10.0 Å². The molecule has 4 N–H and O–H groups in total. The molecule has 0 unspecified atom stereocenters. The Morgan fingerprint density at radius 3 is 2.86 bits per heavy atom. The van der Waals surface area contributed by atoms with Crippen molar-refractivity contribution in [1.29, 1.82) is 0 Å². The number of amides is 1. The van der Waals surface area contributed by atoms with E-state index in [1.807, 2.05) is 24.3 Å². The maximum absolute atomic E-state index is 12.6. The van der Waals surface area contributed by atoms with E-state index in [0.717, 1.165) is 17.2 Å². The Morgan fingerprint density at radius 2 is 2.19 bits per heavy atom. The minimum atomic E-state index is -0.885. The van der Waals surface area contributed by atoms with E-state index in [1.165, 1.54) is 0 Å². The molecule has 0 spiro atoms. The Bertz CT molecular complexity index is 717. The molecule has 1 heterocycles. The maximum Gasteiger partial charge on any atom is 0.238 e. The molecule has 0 aliphatic heterocycles. The molecule has 108 valence electrons. The molecule has 1 fully saturated rings. The van der Waals surface area contributed by atoms with Crippen molar-refractivity contribution in [1.82, 2.24) is 4.98 Å². The highest BCUT2D eigenvalue weighted by molar-refractivity contribution is 6.14. The van der Waals surface area contributed by atoms with Crippen molar-refractivity contribution in [3.63, 3.8) is 0 Å². The Balaban J connectivity index is 1.94. The van der Waals surface area contributed by atoms with Crippen molar-refractivity contribution in [2.45, 2.75) is 19.3 Å². The first-order chi connectivity index (χ1) is 10.2. The summed E-state index contributed by atoms with van der Waals surface area (Å²) in [5.74, 6) is -0.249. The van der Waals surface area contributed by atoms with Gasteiger partial charge in [0.2, 0.25) is 5.91 Å². The first-order valence-electron chi connectivity index (χ1n) is 6.79. The third kappa shape index (κ3) is 2.08. The smallest absolute Gasteiger partial charge is 0.238 e. The predicted molar refractivity (Wildman–Crippen MR) is 80.1 cm³/mol. The number of rotatable bonds is 3. The van der Waals surface area contributed by atoms with Gasteiger partial charge in [0, 0.05) is 28.9 Å². The zero-order chi connectivity index (χ0) is 14.9. The van der Waals surface area contributed by atoms with E-state index in [9.17, 15) is 4.79 Å². The number of carbonyl (C=O) groups excluding carboxylic acids is 1. The van der Waals surface area contributed by atoms with Gasteiger partial charge in [-0.25, -0.2) is 0 Å². The molecule has 1 amide bonds. The monoisotopic (exact) mass is 284 g/mol. The Morgan fingerprint density at radius 1 is 1.38 bits per heavy atom. The Labute approximate surface area is 121 Å². The second-order valence-corrected chi connectivity index (χ2v) is 5.28. The van der Waals surface area contributed by atoms with Gasteiger partial charge in [-0.3, -0.25) is 9.78 Å². The van der Waals surface area contributed by atoms with Gasteiger partial charge in [-0.2, -0.15) is 0 Å². The van der Waals surface area contributed by atoms with Crippen molar-refractivity contribution >= 4 is 28.2 Å². The lowest BCUT2D eigenvalue weighted by Crippen LogP contribution is -2.51. The quantitative estimate of drug-likeness (QED) is 0.347. The summed E-state index contributed by atoms with van der Waals surface area (Å²) in [6.45, 7) is 0. The minimum absolute atomic E-state index is 0.0202. The zero-order valence-electron chi connectivity index (χ0n) is 11.4. The number of fused-ring (bicyclic) bond motifs is 1. The van der Waals surface area contributed by atoms with Crippen LogP contribution in [0.2, 0.25) is 0 Å². The van der Waals surface area contributed by atoms with E-state index >= 15 is 0 Å². The number of benzene rings is 1. The summed E-state index contributed by atoms with van der Waals surface area (Å²) in [7, 11) is 0. The number of oxime groups is 1. The molecule has 0 atom stereocenters. The van der Waals surface area contributed by atoms with E-state index in [0.29, 0.717) is 18.5 Å². The third-order valence-corrected chi connectivity index (χ3v) is 4.17. The number of nitrogens with one attached hydrogen (secondary N) is 1. The molecule has 1 saturated carbocycles. The molecule has 3 rings (SSSR count). The lowest BCUT2D eigenvalue weighted by atomic mass is 9.67. The number of anilines is 1. The largest absolute Gasteiger partial charge is 0.409 e. The van der Waals surface area contributed by atoms with E-state index in [1.54, 1.807) is 12.4 Å². The highest BCUT2D eigenvalue weighted by atomic mass is 16.4. The highest BCUT2D eigenvalue weighted by Crippen LogP contribution is 2.42. The number of amidine groups is 1. The van der Waals surface area contributed by atoms with Gasteiger partial charge in [0.25, 0.3) is 0 Å². The second-order valence-electron chi connectivity index (χ2n) is 5.28. The Hall–Kier alpha value is -2.63. The fraction of sp³-hybridized carbons (Fsp3) is 0.267. The second kappa shape index (κ2) is 5.05. The van der Waals surface area contributed by atoms with Crippen LogP contribution < -0.4 is 11.1 Å². The summed E-state index contributed by atoms with van der Waals surface area (Å²) in [6.07, 6.45) is 5.51. The predicted octanol–water partition coefficient (Wildman–Crippen LogP) is 2.09. The van der Waals surface area contributed by atoms with Gasteiger partial charge in [0.1, 0.15) is 5.41 Å². The molecular formula is C15H16N4O2. The molecule has 1 aliphatic rings. The number of hydrogen-bond donors (Lipinski definition) is 3. The molecule has 0 saturated heterocycles. The van der Waals surface area contributed by atoms with Crippen LogP contribution in [0.25, 0.3) is 10.8 Å². The van der Waals surface area contributed by atoms with Crippen LogP contribution in [0.4, 0.5) is 5.69 Å². The van der Waals surface area contributed by atoms with Gasteiger partial charge in [-0.05, 0) is 25.0 Å². The summed E-state index contributed by atoms with van der Waals surface area (Å²) < 4.78 is 0. The first kappa shape index (κ1) is 13.4. The van der Waals surface area contributed by atoms with Gasteiger partial charge in [-0.15, -0.1) is 0 Å². The van der Waals surface area contributed by atoms with Crippen molar-refractivity contribution in [3.8, 4) is 0 Å². The maximum atomic E-state index is 12.6. The summed E-state index contributed by atoms with van der Waals surface area (Å²) in [5, 5.41) is 16.7. The van der Waals surface area contributed by atoms with Gasteiger partial charge < -0.3 is 16.3 Å². The van der Waals surface area contributed by atoms with E-state index in [-0.39, 0.29) is 11.7 Å². The summed E-state index contributed by atoms with van der Waals surface area (Å²) >= 11 is 0. The van der Waals surface area contributed by atoms with Crippen LogP contribution in [0.15, 0.2) is 41.8 Å². The minimum Gasteiger partial charge on any atom is -0.409 e. The fourth-order valence-electron chi connectivity index (χ4n) is 2.70. The van der Waals surface area contributed by atoms with Crippen LogP contribution in [-0.2, 0) is 4.79 Å². The summed E-state index contributed by atoms with van der Waals surface area (Å²) in [5.41, 5.74) is 5.53. The topological polar surface area (TPSA) is 101 Å². The molecule has 6 nitrogen and oxygen atoms in total. The summed E-state index contributed by atoms with van der Waals surface area (Å²) in [6, 6.07) is 7.47. The SMILES string of the molecule is N/C(=N/O)C1(C(=O)Nc2cccc3cnccc23)CCC1. The highest BCUT2D eigenvalue weighted by Gasteiger charge is 2.48. The zero-order valence-corrected chi connectivity index (χ0v) is 11.4. The van der Waals surface area contributed by atoms with Gasteiger partial charge >= 0.3 is 0 Å². The van der Waals surface area contributed by atoms with Gasteiger partial charge in [-0.1, -0.05) is 23.7 Å². The molecule has 6 heteroatoms. The van der Waals surface area contributed by atoms with Crippen LogP contribution in [0.1, 0.15) is 19.3 Å². The molecule has 1 aromatic heterocycles. The lowest BCUT2D eigenvalue weighted by molar-refractivity contribution is -0.125. The van der Waals surface area contributed by atoms with Crippen LogP contribution in [0, 0.1) is 5.41 Å². The molecule has 0 bridgehead atoms. The standard InChI is InChI=1S/C15H16N4O2/c16-13(19-21)15(6-2-7-15)14(20)18-12-4-1-3-10-9-17-8-5-11(10)12/h1,3-5,8-9,21H,2,6-7H2,(H2,16,19)(H,18,20). The van der Waals surface area contributed by atoms with Crippen LogP contribution in [0.3, 0.4) is 0 Å². The number of nitrogens with two attached hydrogens (primary N) is 1. The number of pyridine rings is 1. The van der Waals surface area contributed by atoms with Crippen molar-refractivity contribution in [2.75, 3.05) is 5.32 Å². The molecule has 2 aromatic rings. The fourth-order valence-corrected chi connectivity index (χ4v) is 2.70. The average molecular weight is 284 g/mol. The number of hydrogen-bond acceptors (Lipinski definition) is 4. The average Bonchev–Trinajstić information content (AvgIpc) is 2.46. The van der Waals surface area contributed by atoms with Crippen LogP contribution in [0.5, 0.6) is 0 Å². The van der Waals surface area contributed by atoms with Crippen molar-refractivity contribution in [2.24, 2.45) is 16.3 Å². The summed E-state index contributed by atoms with van der Waals surface area (Å²) in [4.78, 5) is 16.6. The number of carbonyl (C=O) groups is 1. The first-order valence-corrected chi connectivity index (χ1v) is 6.79. The van der Waals surface area contributed by atoms with E-state index in [4.69, 9.17) is 10.9 Å². The molecule has 1 aromatic carbocycles. The number of aromatic nitrogens is 1. The van der Waals surface area contributed by atoms with Gasteiger partial charge in [0.05, 0.1) is 0 Å². The molecule has 1 aliphatic carbocycles. The normalized spacial score (nSPS) is 17.2. The van der Waals surface area contributed by atoms with Crippen molar-refractivity contribution in [3.05, 3.63) is 36.7 Å².